The molecule has 1 aromatic heterocycles. The number of nitrogens with zero attached hydrogens (tertiary/aromatic N) is 1. The number of carbonyl (C=O) groups is 3. The van der Waals surface area contributed by atoms with E-state index in [9.17, 15) is 14.4 Å². The van der Waals surface area contributed by atoms with E-state index < -0.39 is 55.7 Å². The number of benzene rings is 2. The molecular weight excluding hydrogens is 693 g/mol. The van der Waals surface area contributed by atoms with Crippen molar-refractivity contribution in [2.75, 3.05) is 7.11 Å². The first kappa shape index (κ1) is 42.7. The molecule has 0 aliphatic heterocycles. The number of alkyl carbamates (subject to hydrolysis) is 2. The van der Waals surface area contributed by atoms with Gasteiger partial charge in [-0.2, -0.15) is 0 Å². The average molecular weight is 753 g/mol. The highest BCUT2D eigenvalue weighted by atomic mass is 32.1. The summed E-state index contributed by atoms with van der Waals surface area (Å²) >= 11 is 1.57. The molecule has 0 spiro atoms. The van der Waals surface area contributed by atoms with Gasteiger partial charge in [-0.25, -0.2) is 14.6 Å². The smallest absolute Gasteiger partial charge is 0.407 e. The van der Waals surface area contributed by atoms with Crippen LogP contribution in [0.1, 0.15) is 79.9 Å². The molecule has 3 aromatic rings. The minimum Gasteiger partial charge on any atom is -0.453 e. The average Bonchev–Trinajstić information content (AvgIpc) is 3.57. The number of hydrogen-bond donors (Lipinski definition) is 3. The predicted molar refractivity (Wildman–Crippen MR) is 212 cm³/mol. The summed E-state index contributed by atoms with van der Waals surface area (Å²) in [6.07, 6.45) is 1.37. The van der Waals surface area contributed by atoms with Gasteiger partial charge in [-0.3, -0.25) is 4.79 Å². The minimum atomic E-state index is -2.45. The summed E-state index contributed by atoms with van der Waals surface area (Å²) in [4.78, 5) is 44.4. The topological polar surface area (TPSA) is 128 Å². The Hall–Kier alpha value is -3.74. The fourth-order valence-corrected chi connectivity index (χ4v) is 7.51. The maximum Gasteiger partial charge on any atom is 0.407 e. The van der Waals surface area contributed by atoms with Crippen molar-refractivity contribution >= 4 is 37.7 Å². The Balaban J connectivity index is 2.10. The molecule has 286 valence electrons. The summed E-state index contributed by atoms with van der Waals surface area (Å²) < 4.78 is 17.9. The molecule has 2 aromatic carbocycles. The molecule has 0 unspecified atom stereocenters. The lowest BCUT2D eigenvalue weighted by molar-refractivity contribution is -0.126. The largest absolute Gasteiger partial charge is 0.453 e. The van der Waals surface area contributed by atoms with Crippen LogP contribution in [0.2, 0.25) is 18.1 Å². The van der Waals surface area contributed by atoms with Gasteiger partial charge in [-0.15, -0.1) is 11.3 Å². The highest BCUT2D eigenvalue weighted by molar-refractivity contribution is 7.13. The van der Waals surface area contributed by atoms with Gasteiger partial charge in [-0.1, -0.05) is 96.1 Å². The molecule has 10 nitrogen and oxygen atoms in total. The summed E-state index contributed by atoms with van der Waals surface area (Å²) in [6, 6.07) is 16.3. The van der Waals surface area contributed by atoms with Gasteiger partial charge < -0.3 is 29.9 Å². The number of hydrogen-bond acceptors (Lipinski definition) is 8. The normalized spacial score (nSPS) is 14.8. The van der Waals surface area contributed by atoms with Gasteiger partial charge in [0.25, 0.3) is 0 Å². The lowest BCUT2D eigenvalue weighted by Gasteiger charge is -2.43. The third-order valence-electron chi connectivity index (χ3n) is 9.26. The molecule has 52 heavy (non-hydrogen) atoms. The Labute approximate surface area is 316 Å². The Kier molecular flexibility index (Phi) is 14.6. The molecule has 0 aliphatic carbocycles. The minimum absolute atomic E-state index is 0.138. The van der Waals surface area contributed by atoms with Gasteiger partial charge in [-0.05, 0) is 74.7 Å². The summed E-state index contributed by atoms with van der Waals surface area (Å²) in [5, 5.41) is 11.9. The van der Waals surface area contributed by atoms with E-state index in [-0.39, 0.29) is 10.9 Å². The van der Waals surface area contributed by atoms with Crippen molar-refractivity contribution in [2.45, 2.75) is 130 Å². The number of carbonyl (C=O) groups excluding carboxylic acids is 3. The van der Waals surface area contributed by atoms with Gasteiger partial charge >= 0.3 is 12.2 Å². The summed E-state index contributed by atoms with van der Waals surface area (Å²) in [7, 11) is -1.17. The molecule has 3 rings (SSSR count). The van der Waals surface area contributed by atoms with Crippen molar-refractivity contribution in [3.05, 3.63) is 77.3 Å². The van der Waals surface area contributed by atoms with Gasteiger partial charge in [0.1, 0.15) is 16.7 Å². The molecular formula is C40H60N4O6SSi. The second kappa shape index (κ2) is 17.9. The van der Waals surface area contributed by atoms with Crippen LogP contribution in [0.25, 0.3) is 10.6 Å². The molecule has 1 heterocycles. The van der Waals surface area contributed by atoms with E-state index in [1.54, 1.807) is 17.5 Å². The van der Waals surface area contributed by atoms with E-state index in [4.69, 9.17) is 13.9 Å². The second-order valence-electron chi connectivity index (χ2n) is 17.0. The first-order valence-electron chi connectivity index (χ1n) is 17.9. The van der Waals surface area contributed by atoms with Crippen LogP contribution in [0.5, 0.6) is 0 Å². The van der Waals surface area contributed by atoms with E-state index in [1.165, 1.54) is 7.11 Å². The van der Waals surface area contributed by atoms with E-state index >= 15 is 0 Å². The zero-order valence-corrected chi connectivity index (χ0v) is 34.9. The van der Waals surface area contributed by atoms with Gasteiger partial charge in [0.2, 0.25) is 5.91 Å². The zero-order valence-electron chi connectivity index (χ0n) is 33.1. The number of nitrogens with one attached hydrogen (secondary N) is 3. The third kappa shape index (κ3) is 13.3. The van der Waals surface area contributed by atoms with Crippen LogP contribution in [0, 0.1) is 5.41 Å². The van der Waals surface area contributed by atoms with E-state index in [1.807, 2.05) is 102 Å². The molecule has 0 saturated heterocycles. The van der Waals surface area contributed by atoms with Crippen molar-refractivity contribution in [1.29, 1.82) is 0 Å². The second-order valence-corrected chi connectivity index (χ2v) is 22.6. The number of rotatable bonds is 14. The fourth-order valence-electron chi connectivity index (χ4n) is 5.50. The van der Waals surface area contributed by atoms with E-state index in [0.29, 0.717) is 19.3 Å². The van der Waals surface area contributed by atoms with Crippen LogP contribution in [0.4, 0.5) is 9.59 Å². The highest BCUT2D eigenvalue weighted by Gasteiger charge is 2.43. The maximum atomic E-state index is 14.2. The standard InChI is InChI=1S/C40H60N4O6SSi/c1-38(2,3)33(44-36(46)48-10)34(45)42-30(24-28-18-20-29(21-19-28)35-41-22-23-51-35)26-32(50-52(11,12)40(7,8)9)31(25-27-16-14-13-15-17-27)43-37(47)49-39(4,5)6/h13-23,30-33H,24-26H2,1-12H3,(H,42,45)(H,43,47)(H,44,46)/t30-,31-,32-,33+/m0/s1. The molecule has 0 fully saturated rings. The molecule has 4 atom stereocenters. The number of aromatic nitrogens is 1. The van der Waals surface area contributed by atoms with Crippen LogP contribution in [-0.4, -0.2) is 68.3 Å². The van der Waals surface area contributed by atoms with Crippen LogP contribution in [0.15, 0.2) is 66.2 Å². The van der Waals surface area contributed by atoms with Crippen molar-refractivity contribution in [3.63, 3.8) is 0 Å². The van der Waals surface area contributed by atoms with Crippen LogP contribution in [0.3, 0.4) is 0 Å². The lowest BCUT2D eigenvalue weighted by Crippen LogP contribution is -2.58. The summed E-state index contributed by atoms with van der Waals surface area (Å²) in [5.74, 6) is -0.340. The van der Waals surface area contributed by atoms with E-state index in [2.05, 4.69) is 54.8 Å². The van der Waals surface area contributed by atoms with Crippen molar-refractivity contribution < 1.29 is 28.3 Å². The number of ether oxygens (including phenoxy) is 2. The third-order valence-corrected chi connectivity index (χ3v) is 14.6. The monoisotopic (exact) mass is 752 g/mol. The molecule has 0 bridgehead atoms. The fraction of sp³-hybridized carbons (Fsp3) is 0.550. The van der Waals surface area contributed by atoms with Gasteiger partial charge in [0.15, 0.2) is 8.32 Å². The van der Waals surface area contributed by atoms with Crippen molar-refractivity contribution in [2.24, 2.45) is 5.41 Å². The van der Waals surface area contributed by atoms with Crippen LogP contribution < -0.4 is 16.0 Å². The van der Waals surface area contributed by atoms with Crippen LogP contribution in [-0.2, 0) is 31.5 Å². The summed E-state index contributed by atoms with van der Waals surface area (Å²) in [6.45, 7) is 22.1. The Bertz CT molecular complexity index is 1580. The van der Waals surface area contributed by atoms with Crippen LogP contribution >= 0.6 is 11.3 Å². The number of methoxy groups -OCH3 is 1. The summed E-state index contributed by atoms with van der Waals surface area (Å²) in [5.41, 5.74) is 1.72. The lowest BCUT2D eigenvalue weighted by atomic mass is 9.85. The van der Waals surface area contributed by atoms with Gasteiger partial charge in [0.05, 0.1) is 19.3 Å². The molecule has 3 amide bonds. The predicted octanol–water partition coefficient (Wildman–Crippen LogP) is 8.52. The molecule has 0 saturated carbocycles. The number of amides is 3. The molecule has 0 radical (unpaired) electrons. The quantitative estimate of drug-likeness (QED) is 0.141. The first-order chi connectivity index (χ1) is 24.1. The molecule has 12 heteroatoms. The highest BCUT2D eigenvalue weighted by Crippen LogP contribution is 2.38. The molecule has 3 N–H and O–H groups in total. The maximum absolute atomic E-state index is 14.2. The Morgan fingerprint density at radius 3 is 1.94 bits per heavy atom. The van der Waals surface area contributed by atoms with Crippen molar-refractivity contribution in [1.82, 2.24) is 20.9 Å². The zero-order chi connectivity index (χ0) is 38.9. The SMILES string of the molecule is COC(=O)N[C@H](C(=O)N[C@@H](Cc1ccc(-c2nccs2)cc1)C[C@H](O[Si](C)(C)C(C)(C)C)[C@H](Cc1ccccc1)NC(=O)OC(C)(C)C)C(C)(C)C. The Morgan fingerprint density at radius 1 is 0.808 bits per heavy atom. The van der Waals surface area contributed by atoms with Crippen molar-refractivity contribution in [3.8, 4) is 10.6 Å². The van der Waals surface area contributed by atoms with Gasteiger partial charge in [0, 0.05) is 23.2 Å². The first-order valence-corrected chi connectivity index (χ1v) is 21.7. The Morgan fingerprint density at radius 2 is 1.42 bits per heavy atom. The molecule has 0 aliphatic rings. The van der Waals surface area contributed by atoms with E-state index in [0.717, 1.165) is 21.7 Å². The number of thiazole rings is 1.